The van der Waals surface area contributed by atoms with E-state index in [1.54, 1.807) is 7.05 Å². The van der Waals surface area contributed by atoms with Gasteiger partial charge in [0.05, 0.1) is 11.9 Å². The predicted octanol–water partition coefficient (Wildman–Crippen LogP) is 0.113. The Morgan fingerprint density at radius 1 is 1.50 bits per heavy atom. The summed E-state index contributed by atoms with van der Waals surface area (Å²) in [5.41, 5.74) is 1.24. The minimum Gasteiger partial charge on any atom is -0.355 e. The van der Waals surface area contributed by atoms with Crippen molar-refractivity contribution in [3.05, 3.63) is 18.0 Å². The van der Waals surface area contributed by atoms with Gasteiger partial charge in [0.1, 0.15) is 0 Å². The van der Waals surface area contributed by atoms with Crippen molar-refractivity contribution in [1.82, 2.24) is 24.7 Å². The van der Waals surface area contributed by atoms with E-state index in [1.165, 1.54) is 5.56 Å². The Hall–Kier alpha value is -1.61. The topological polar surface area (TPSA) is 91.6 Å². The number of likely N-dealkylation sites (tertiary alicyclic amines) is 1. The highest BCUT2D eigenvalue weighted by molar-refractivity contribution is 7.89. The predicted molar refractivity (Wildman–Crippen MR) is 95.6 cm³/mol. The van der Waals surface area contributed by atoms with Gasteiger partial charge in [-0.25, -0.2) is 13.1 Å². The van der Waals surface area contributed by atoms with E-state index in [-0.39, 0.29) is 11.8 Å². The van der Waals surface area contributed by atoms with Crippen LogP contribution in [0.2, 0.25) is 0 Å². The number of aliphatic imine (C=N–C) groups is 1. The van der Waals surface area contributed by atoms with Crippen LogP contribution < -0.4 is 10.0 Å². The molecule has 0 saturated carbocycles. The molecule has 1 aromatic rings. The number of nitrogens with zero attached hydrogens (tertiary/aromatic N) is 4. The van der Waals surface area contributed by atoms with Crippen LogP contribution in [0.15, 0.2) is 17.4 Å². The largest absolute Gasteiger partial charge is 0.355 e. The molecular weight excluding hydrogens is 328 g/mol. The molecule has 1 saturated heterocycles. The maximum atomic E-state index is 11.9. The van der Waals surface area contributed by atoms with Crippen molar-refractivity contribution in [2.75, 3.05) is 32.4 Å². The molecule has 0 amide bonds. The fourth-order valence-corrected chi connectivity index (χ4v) is 4.13. The average Bonchev–Trinajstić information content (AvgIpc) is 3.11. The lowest BCUT2D eigenvalue weighted by molar-refractivity contribution is 0.487. The maximum Gasteiger partial charge on any atom is 0.213 e. The summed E-state index contributed by atoms with van der Waals surface area (Å²) in [6.07, 6.45) is 5.00. The first-order valence-electron chi connectivity index (χ1n) is 8.25. The second-order valence-corrected chi connectivity index (χ2v) is 8.32. The summed E-state index contributed by atoms with van der Waals surface area (Å²) in [6.45, 7) is 5.72. The molecule has 24 heavy (non-hydrogen) atoms. The van der Waals surface area contributed by atoms with E-state index in [0.717, 1.165) is 25.5 Å². The summed E-state index contributed by atoms with van der Waals surface area (Å²) in [5.74, 6) is 1.22. The third-order valence-corrected chi connectivity index (χ3v) is 5.54. The van der Waals surface area contributed by atoms with E-state index >= 15 is 0 Å². The molecule has 1 atom stereocenters. The third-order valence-electron chi connectivity index (χ3n) is 3.97. The van der Waals surface area contributed by atoms with Crippen LogP contribution in [0.5, 0.6) is 0 Å². The lowest BCUT2D eigenvalue weighted by Crippen LogP contribution is -2.43. The molecule has 2 rings (SSSR count). The van der Waals surface area contributed by atoms with Crippen molar-refractivity contribution in [2.45, 2.75) is 32.2 Å². The number of guanidine groups is 1. The van der Waals surface area contributed by atoms with E-state index in [1.807, 2.05) is 31.8 Å². The second-order valence-electron chi connectivity index (χ2n) is 6.44. The lowest BCUT2D eigenvalue weighted by Gasteiger charge is -2.21. The molecule has 1 unspecified atom stereocenters. The number of aromatic nitrogens is 2. The van der Waals surface area contributed by atoms with Gasteiger partial charge >= 0.3 is 0 Å². The van der Waals surface area contributed by atoms with Crippen molar-refractivity contribution >= 4 is 16.0 Å². The van der Waals surface area contributed by atoms with Crippen molar-refractivity contribution in [2.24, 2.45) is 12.0 Å². The molecule has 0 radical (unpaired) electrons. The third kappa shape index (κ3) is 5.20. The highest BCUT2D eigenvalue weighted by Crippen LogP contribution is 2.26. The number of hydrogen-bond acceptors (Lipinski definition) is 4. The van der Waals surface area contributed by atoms with Crippen LogP contribution in [-0.4, -0.2) is 67.5 Å². The molecule has 2 N–H and O–H groups in total. The van der Waals surface area contributed by atoms with Crippen LogP contribution in [-0.2, 0) is 17.1 Å². The second kappa shape index (κ2) is 7.98. The van der Waals surface area contributed by atoms with Crippen LogP contribution in [0.4, 0.5) is 0 Å². The zero-order valence-corrected chi connectivity index (χ0v) is 15.7. The van der Waals surface area contributed by atoms with Gasteiger partial charge in [-0.3, -0.25) is 9.67 Å². The van der Waals surface area contributed by atoms with Crippen molar-refractivity contribution in [3.63, 3.8) is 0 Å². The molecule has 1 aliphatic rings. The normalized spacial score (nSPS) is 19.3. The van der Waals surface area contributed by atoms with E-state index in [2.05, 4.69) is 31.2 Å². The van der Waals surface area contributed by atoms with Gasteiger partial charge in [-0.15, -0.1) is 0 Å². The minimum atomic E-state index is -3.26. The Kier molecular flexibility index (Phi) is 6.22. The number of aryl methyl sites for hydroxylation is 1. The molecule has 0 aliphatic carbocycles. The molecule has 9 heteroatoms. The van der Waals surface area contributed by atoms with Gasteiger partial charge in [0, 0.05) is 51.9 Å². The molecule has 0 aromatic carbocycles. The van der Waals surface area contributed by atoms with Gasteiger partial charge in [-0.1, -0.05) is 0 Å². The Morgan fingerprint density at radius 2 is 2.25 bits per heavy atom. The van der Waals surface area contributed by atoms with Crippen molar-refractivity contribution in [3.8, 4) is 0 Å². The lowest BCUT2D eigenvalue weighted by atomic mass is 10.0. The van der Waals surface area contributed by atoms with Crippen LogP contribution >= 0.6 is 0 Å². The molecule has 1 aromatic heterocycles. The van der Waals surface area contributed by atoms with Crippen LogP contribution in [0.25, 0.3) is 0 Å². The van der Waals surface area contributed by atoms with Gasteiger partial charge in [0.15, 0.2) is 5.96 Å². The number of nitrogens with one attached hydrogen (secondary N) is 2. The van der Waals surface area contributed by atoms with E-state index in [9.17, 15) is 8.42 Å². The number of rotatable bonds is 6. The Morgan fingerprint density at radius 3 is 2.83 bits per heavy atom. The van der Waals surface area contributed by atoms with Gasteiger partial charge in [-0.2, -0.15) is 5.10 Å². The first-order chi connectivity index (χ1) is 11.3. The van der Waals surface area contributed by atoms with Gasteiger partial charge < -0.3 is 10.2 Å². The Balaban J connectivity index is 1.84. The summed E-state index contributed by atoms with van der Waals surface area (Å²) in [6, 6.07) is -0.0897. The minimum absolute atomic E-state index is 0.0318. The fraction of sp³-hybridized carbons (Fsp3) is 0.733. The zero-order valence-electron chi connectivity index (χ0n) is 14.9. The first-order valence-corrected chi connectivity index (χ1v) is 9.90. The smallest absolute Gasteiger partial charge is 0.213 e. The van der Waals surface area contributed by atoms with Crippen LogP contribution in [0, 0.1) is 0 Å². The van der Waals surface area contributed by atoms with Crippen molar-refractivity contribution in [1.29, 1.82) is 0 Å². The molecular formula is C15H28N6O2S. The Labute approximate surface area is 144 Å². The number of sulfonamides is 1. The van der Waals surface area contributed by atoms with E-state index in [0.29, 0.717) is 12.5 Å². The molecule has 2 heterocycles. The summed E-state index contributed by atoms with van der Waals surface area (Å²) in [4.78, 5) is 6.45. The van der Waals surface area contributed by atoms with Crippen LogP contribution in [0.3, 0.4) is 0 Å². The summed E-state index contributed by atoms with van der Waals surface area (Å²) in [7, 11) is 0.386. The average molecular weight is 356 g/mol. The highest BCUT2D eigenvalue weighted by atomic mass is 32.2. The van der Waals surface area contributed by atoms with E-state index in [4.69, 9.17) is 0 Å². The first kappa shape index (κ1) is 18.7. The standard InChI is InChI=1S/C15H28N6O2S/c1-12(2)19-24(22,23)8-6-17-15(16-3)21-7-5-13(11-21)14-9-18-20(4)10-14/h9-10,12-13,19H,5-8,11H2,1-4H3,(H,16,17). The van der Waals surface area contributed by atoms with Gasteiger partial charge in [0.2, 0.25) is 10.0 Å². The van der Waals surface area contributed by atoms with Crippen LogP contribution in [0.1, 0.15) is 31.7 Å². The summed E-state index contributed by atoms with van der Waals surface area (Å²) in [5, 5.41) is 7.38. The van der Waals surface area contributed by atoms with Gasteiger partial charge in [-0.05, 0) is 25.8 Å². The number of hydrogen-bond donors (Lipinski definition) is 2. The summed E-state index contributed by atoms with van der Waals surface area (Å²) >= 11 is 0. The van der Waals surface area contributed by atoms with Gasteiger partial charge in [0.25, 0.3) is 0 Å². The molecule has 8 nitrogen and oxygen atoms in total. The molecule has 0 spiro atoms. The van der Waals surface area contributed by atoms with Crippen molar-refractivity contribution < 1.29 is 8.42 Å². The monoisotopic (exact) mass is 356 g/mol. The quantitative estimate of drug-likeness (QED) is 0.558. The molecule has 0 bridgehead atoms. The molecule has 136 valence electrons. The molecule has 1 fully saturated rings. The maximum absolute atomic E-state index is 11.9. The Bertz CT molecular complexity index is 667. The SMILES string of the molecule is CN=C(NCCS(=O)(=O)NC(C)C)N1CCC(c2cnn(C)c2)C1. The zero-order chi connectivity index (χ0) is 17.7. The van der Waals surface area contributed by atoms with E-state index < -0.39 is 10.0 Å². The molecule has 1 aliphatic heterocycles. The fourth-order valence-electron chi connectivity index (χ4n) is 2.92. The highest BCUT2D eigenvalue weighted by Gasteiger charge is 2.27. The summed E-state index contributed by atoms with van der Waals surface area (Å²) < 4.78 is 28.1.